The van der Waals surface area contributed by atoms with Gasteiger partial charge in [-0.05, 0) is 31.5 Å². The molecule has 1 aromatic heterocycles. The van der Waals surface area contributed by atoms with Gasteiger partial charge in [-0.2, -0.15) is 0 Å². The number of rotatable bonds is 4. The van der Waals surface area contributed by atoms with Crippen LogP contribution >= 0.6 is 11.6 Å². The number of ether oxygens (including phenoxy) is 1. The zero-order valence-electron chi connectivity index (χ0n) is 10.1. The summed E-state index contributed by atoms with van der Waals surface area (Å²) >= 11 is 6.05. The van der Waals surface area contributed by atoms with E-state index in [1.165, 1.54) is 0 Å². The summed E-state index contributed by atoms with van der Waals surface area (Å²) in [5, 5.41) is 0.565. The third kappa shape index (κ3) is 3.22. The highest BCUT2D eigenvalue weighted by Gasteiger charge is 2.09. The number of nitrogens with zero attached hydrogens (tertiary/aromatic N) is 1. The maximum atomic E-state index is 6.05. The first kappa shape index (κ1) is 12.9. The Bertz CT molecular complexity index is 529. The van der Waals surface area contributed by atoms with Gasteiger partial charge in [-0.1, -0.05) is 29.8 Å². The molecule has 0 radical (unpaired) electrons. The van der Waals surface area contributed by atoms with Gasteiger partial charge in [0.25, 0.3) is 0 Å². The number of halogens is 1. The van der Waals surface area contributed by atoms with Crippen molar-refractivity contribution in [2.24, 2.45) is 5.73 Å². The van der Waals surface area contributed by atoms with Crippen molar-refractivity contribution in [1.29, 1.82) is 0 Å². The molecule has 0 spiro atoms. The fraction of sp³-hybridized carbons (Fsp3) is 0.214. The van der Waals surface area contributed by atoms with E-state index in [2.05, 4.69) is 4.98 Å². The van der Waals surface area contributed by atoms with E-state index in [0.717, 1.165) is 5.56 Å². The average molecular weight is 263 g/mol. The standard InChI is InChI=1S/C14H15ClN2O/c1-10(16)9-11-5-4-8-17-14(11)18-13-7-3-2-6-12(13)15/h2-8,10H,9,16H2,1H3. The van der Waals surface area contributed by atoms with Crippen molar-refractivity contribution in [2.45, 2.75) is 19.4 Å². The minimum atomic E-state index is 0.0581. The monoisotopic (exact) mass is 262 g/mol. The lowest BCUT2D eigenvalue weighted by atomic mass is 10.1. The Kier molecular flexibility index (Phi) is 4.18. The van der Waals surface area contributed by atoms with Crippen LogP contribution in [0.25, 0.3) is 0 Å². The smallest absolute Gasteiger partial charge is 0.222 e. The fourth-order valence-electron chi connectivity index (χ4n) is 1.65. The zero-order valence-corrected chi connectivity index (χ0v) is 10.9. The molecule has 0 aliphatic heterocycles. The molecule has 94 valence electrons. The van der Waals surface area contributed by atoms with Gasteiger partial charge in [-0.15, -0.1) is 0 Å². The molecule has 1 heterocycles. The largest absolute Gasteiger partial charge is 0.437 e. The Morgan fingerprint density at radius 3 is 2.78 bits per heavy atom. The Morgan fingerprint density at radius 1 is 1.28 bits per heavy atom. The number of para-hydroxylation sites is 1. The maximum absolute atomic E-state index is 6.05. The van der Waals surface area contributed by atoms with Gasteiger partial charge in [-0.3, -0.25) is 0 Å². The molecule has 0 amide bonds. The quantitative estimate of drug-likeness (QED) is 0.918. The number of hydrogen-bond acceptors (Lipinski definition) is 3. The van der Waals surface area contributed by atoms with Gasteiger partial charge in [0, 0.05) is 17.8 Å². The van der Waals surface area contributed by atoms with Crippen LogP contribution in [0.1, 0.15) is 12.5 Å². The van der Waals surface area contributed by atoms with Crippen molar-refractivity contribution in [1.82, 2.24) is 4.98 Å². The molecule has 2 aromatic rings. The minimum absolute atomic E-state index is 0.0581. The summed E-state index contributed by atoms with van der Waals surface area (Å²) in [5.41, 5.74) is 6.79. The molecule has 0 aliphatic rings. The van der Waals surface area contributed by atoms with Crippen LogP contribution in [-0.4, -0.2) is 11.0 Å². The van der Waals surface area contributed by atoms with Crippen molar-refractivity contribution < 1.29 is 4.74 Å². The molecule has 1 aromatic carbocycles. The second kappa shape index (κ2) is 5.85. The van der Waals surface area contributed by atoms with Crippen molar-refractivity contribution in [2.75, 3.05) is 0 Å². The van der Waals surface area contributed by atoms with Crippen LogP contribution in [0.3, 0.4) is 0 Å². The van der Waals surface area contributed by atoms with E-state index in [9.17, 15) is 0 Å². The number of nitrogens with two attached hydrogens (primary N) is 1. The summed E-state index contributed by atoms with van der Waals surface area (Å²) in [6.45, 7) is 1.95. The van der Waals surface area contributed by atoms with E-state index in [0.29, 0.717) is 23.1 Å². The van der Waals surface area contributed by atoms with Gasteiger partial charge >= 0.3 is 0 Å². The molecular weight excluding hydrogens is 248 g/mol. The van der Waals surface area contributed by atoms with Crippen molar-refractivity contribution in [3.63, 3.8) is 0 Å². The minimum Gasteiger partial charge on any atom is -0.437 e. The van der Waals surface area contributed by atoms with Gasteiger partial charge in [0.15, 0.2) is 0 Å². The number of aromatic nitrogens is 1. The third-order valence-corrected chi connectivity index (χ3v) is 2.75. The fourth-order valence-corrected chi connectivity index (χ4v) is 1.82. The van der Waals surface area contributed by atoms with Crippen molar-refractivity contribution in [3.05, 3.63) is 53.2 Å². The van der Waals surface area contributed by atoms with Gasteiger partial charge < -0.3 is 10.5 Å². The zero-order chi connectivity index (χ0) is 13.0. The molecule has 3 nitrogen and oxygen atoms in total. The van der Waals surface area contributed by atoms with Gasteiger partial charge in [0.2, 0.25) is 5.88 Å². The highest BCUT2D eigenvalue weighted by Crippen LogP contribution is 2.29. The van der Waals surface area contributed by atoms with Crippen LogP contribution in [0.4, 0.5) is 0 Å². The topological polar surface area (TPSA) is 48.1 Å². The van der Waals surface area contributed by atoms with E-state index in [1.807, 2.05) is 37.3 Å². The van der Waals surface area contributed by atoms with Crippen LogP contribution in [-0.2, 0) is 6.42 Å². The predicted octanol–water partition coefficient (Wildman–Crippen LogP) is 3.42. The molecule has 0 saturated heterocycles. The molecule has 2 N–H and O–H groups in total. The lowest BCUT2D eigenvalue weighted by molar-refractivity contribution is 0.454. The second-order valence-corrected chi connectivity index (χ2v) is 4.59. The predicted molar refractivity (Wildman–Crippen MR) is 73.1 cm³/mol. The van der Waals surface area contributed by atoms with Crippen LogP contribution in [0, 0.1) is 0 Å². The summed E-state index contributed by atoms with van der Waals surface area (Å²) in [6.07, 6.45) is 2.41. The lowest BCUT2D eigenvalue weighted by Gasteiger charge is -2.12. The van der Waals surface area contributed by atoms with E-state index < -0.39 is 0 Å². The Balaban J connectivity index is 2.26. The Morgan fingerprint density at radius 2 is 2.06 bits per heavy atom. The summed E-state index contributed by atoms with van der Waals surface area (Å²) in [5.74, 6) is 1.16. The SMILES string of the molecule is CC(N)Cc1cccnc1Oc1ccccc1Cl. The summed E-state index contributed by atoms with van der Waals surface area (Å²) in [7, 11) is 0. The van der Waals surface area contributed by atoms with E-state index in [-0.39, 0.29) is 6.04 Å². The molecule has 2 rings (SSSR count). The molecule has 1 unspecified atom stereocenters. The number of pyridine rings is 1. The molecular formula is C14H15ClN2O. The highest BCUT2D eigenvalue weighted by molar-refractivity contribution is 6.32. The van der Waals surface area contributed by atoms with Crippen LogP contribution in [0.2, 0.25) is 5.02 Å². The maximum Gasteiger partial charge on any atom is 0.222 e. The Hall–Kier alpha value is -1.58. The second-order valence-electron chi connectivity index (χ2n) is 4.18. The molecule has 4 heteroatoms. The highest BCUT2D eigenvalue weighted by atomic mass is 35.5. The van der Waals surface area contributed by atoms with Crippen LogP contribution in [0.15, 0.2) is 42.6 Å². The van der Waals surface area contributed by atoms with Crippen molar-refractivity contribution >= 4 is 11.6 Å². The average Bonchev–Trinajstić information content (AvgIpc) is 2.34. The van der Waals surface area contributed by atoms with Gasteiger partial charge in [0.1, 0.15) is 5.75 Å². The summed E-state index contributed by atoms with van der Waals surface area (Å²) in [4.78, 5) is 4.23. The van der Waals surface area contributed by atoms with Gasteiger partial charge in [-0.25, -0.2) is 4.98 Å². The lowest BCUT2D eigenvalue weighted by Crippen LogP contribution is -2.18. The first-order valence-corrected chi connectivity index (χ1v) is 6.16. The molecule has 1 atom stereocenters. The summed E-state index contributed by atoms with van der Waals surface area (Å²) < 4.78 is 5.74. The first-order chi connectivity index (χ1) is 8.66. The van der Waals surface area contributed by atoms with E-state index in [1.54, 1.807) is 12.3 Å². The Labute approximate surface area is 112 Å². The van der Waals surface area contributed by atoms with Gasteiger partial charge in [0.05, 0.1) is 5.02 Å². The third-order valence-electron chi connectivity index (χ3n) is 2.44. The number of hydrogen-bond donors (Lipinski definition) is 1. The normalized spacial score (nSPS) is 12.2. The van der Waals surface area contributed by atoms with Crippen LogP contribution in [0.5, 0.6) is 11.6 Å². The molecule has 0 bridgehead atoms. The van der Waals surface area contributed by atoms with E-state index in [4.69, 9.17) is 22.1 Å². The molecule has 0 fully saturated rings. The van der Waals surface area contributed by atoms with E-state index >= 15 is 0 Å². The van der Waals surface area contributed by atoms with Crippen molar-refractivity contribution in [3.8, 4) is 11.6 Å². The number of benzene rings is 1. The molecule has 0 aliphatic carbocycles. The molecule has 18 heavy (non-hydrogen) atoms. The van der Waals surface area contributed by atoms with Crippen LogP contribution < -0.4 is 10.5 Å². The summed E-state index contributed by atoms with van der Waals surface area (Å²) in [6, 6.07) is 11.2. The first-order valence-electron chi connectivity index (χ1n) is 5.78. The molecule has 0 saturated carbocycles.